The highest BCUT2D eigenvalue weighted by atomic mass is 32.2. The maximum atomic E-state index is 13.9. The van der Waals surface area contributed by atoms with Gasteiger partial charge in [0.05, 0.1) is 25.0 Å². The number of amides is 1. The molecule has 0 saturated carbocycles. The molecule has 31 heavy (non-hydrogen) atoms. The molecule has 1 fully saturated rings. The van der Waals surface area contributed by atoms with E-state index in [9.17, 15) is 17.6 Å². The molecule has 0 aromatic heterocycles. The Morgan fingerprint density at radius 3 is 2.55 bits per heavy atom. The lowest BCUT2D eigenvalue weighted by Crippen LogP contribution is -2.45. The second-order valence-corrected chi connectivity index (χ2v) is 9.44. The number of ether oxygens (including phenoxy) is 2. The van der Waals surface area contributed by atoms with E-state index in [2.05, 4.69) is 0 Å². The van der Waals surface area contributed by atoms with Crippen molar-refractivity contribution >= 4 is 15.9 Å². The summed E-state index contributed by atoms with van der Waals surface area (Å²) in [4.78, 5) is 14.5. The van der Waals surface area contributed by atoms with Crippen molar-refractivity contribution in [2.24, 2.45) is 5.92 Å². The Balaban J connectivity index is 1.74. The van der Waals surface area contributed by atoms with E-state index in [1.165, 1.54) is 41.6 Å². The van der Waals surface area contributed by atoms with Gasteiger partial charge in [0, 0.05) is 38.3 Å². The fourth-order valence-electron chi connectivity index (χ4n) is 3.76. The highest BCUT2D eigenvalue weighted by Crippen LogP contribution is 2.32. The predicted octanol–water partition coefficient (Wildman–Crippen LogP) is 2.90. The fourth-order valence-corrected chi connectivity index (χ4v) is 5.30. The highest BCUT2D eigenvalue weighted by Gasteiger charge is 2.35. The Kier molecular flexibility index (Phi) is 7.17. The number of carbonyl (C=O) groups is 1. The molecule has 1 saturated heterocycles. The lowest BCUT2D eigenvalue weighted by molar-refractivity contribution is -0.135. The average molecular weight is 451 g/mol. The van der Waals surface area contributed by atoms with Crippen LogP contribution in [0.2, 0.25) is 0 Å². The van der Waals surface area contributed by atoms with Crippen LogP contribution >= 0.6 is 0 Å². The zero-order valence-corrected chi connectivity index (χ0v) is 18.7. The minimum absolute atomic E-state index is 0.0805. The minimum Gasteiger partial charge on any atom is -0.493 e. The number of halogens is 1. The van der Waals surface area contributed by atoms with Crippen LogP contribution in [0.1, 0.15) is 18.4 Å². The molecule has 0 bridgehead atoms. The van der Waals surface area contributed by atoms with Gasteiger partial charge in [0.2, 0.25) is 15.9 Å². The molecular weight excluding hydrogens is 423 g/mol. The zero-order valence-electron chi connectivity index (χ0n) is 17.9. The Morgan fingerprint density at radius 2 is 1.87 bits per heavy atom. The van der Waals surface area contributed by atoms with E-state index >= 15 is 0 Å². The number of hydrogen-bond acceptors (Lipinski definition) is 5. The van der Waals surface area contributed by atoms with E-state index in [0.717, 1.165) is 0 Å². The van der Waals surface area contributed by atoms with Crippen LogP contribution in [0, 0.1) is 11.7 Å². The summed E-state index contributed by atoms with van der Waals surface area (Å²) < 4.78 is 52.0. The van der Waals surface area contributed by atoms with Crippen LogP contribution in [0.4, 0.5) is 4.39 Å². The third-order valence-corrected chi connectivity index (χ3v) is 7.33. The number of piperidine rings is 1. The third kappa shape index (κ3) is 4.99. The molecule has 1 heterocycles. The lowest BCUT2D eigenvalue weighted by atomic mass is 9.98. The molecule has 0 aliphatic carbocycles. The molecule has 1 aliphatic rings. The maximum Gasteiger partial charge on any atom is 0.243 e. The monoisotopic (exact) mass is 450 g/mol. The summed E-state index contributed by atoms with van der Waals surface area (Å²) in [7, 11) is 0.714. The van der Waals surface area contributed by atoms with E-state index < -0.39 is 15.9 Å². The summed E-state index contributed by atoms with van der Waals surface area (Å²) in [6.07, 6.45) is 1.15. The van der Waals surface area contributed by atoms with Crippen LogP contribution in [0.5, 0.6) is 11.5 Å². The summed E-state index contributed by atoms with van der Waals surface area (Å²) in [6, 6.07) is 10.7. The van der Waals surface area contributed by atoms with Gasteiger partial charge in [-0.05, 0) is 31.0 Å². The summed E-state index contributed by atoms with van der Waals surface area (Å²) >= 11 is 0. The number of methoxy groups -OCH3 is 2. The molecule has 0 radical (unpaired) electrons. The first kappa shape index (κ1) is 23.0. The van der Waals surface area contributed by atoms with Crippen LogP contribution in [0.3, 0.4) is 0 Å². The minimum atomic E-state index is -3.81. The average Bonchev–Trinajstić information content (AvgIpc) is 2.79. The predicted molar refractivity (Wildman–Crippen MR) is 114 cm³/mol. The molecule has 1 atom stereocenters. The first-order valence-corrected chi connectivity index (χ1v) is 11.4. The van der Waals surface area contributed by atoms with E-state index in [4.69, 9.17) is 9.47 Å². The molecular formula is C22H27FN2O5S. The molecule has 1 amide bonds. The number of rotatable bonds is 7. The van der Waals surface area contributed by atoms with E-state index in [-0.39, 0.29) is 29.7 Å². The van der Waals surface area contributed by atoms with Gasteiger partial charge >= 0.3 is 0 Å². The number of sulfonamides is 1. The topological polar surface area (TPSA) is 76.2 Å². The van der Waals surface area contributed by atoms with Gasteiger partial charge in [-0.3, -0.25) is 4.79 Å². The number of benzene rings is 2. The SMILES string of the molecule is COc1ccc(S(=O)(=O)N2CCC[C@@H](C(=O)N(C)Cc3ccccc3F)C2)cc1OC. The highest BCUT2D eigenvalue weighted by molar-refractivity contribution is 7.89. The van der Waals surface area contributed by atoms with E-state index in [1.807, 2.05) is 0 Å². The van der Waals surface area contributed by atoms with Crippen molar-refractivity contribution in [1.29, 1.82) is 0 Å². The normalized spacial score (nSPS) is 17.2. The molecule has 3 rings (SSSR count). The standard InChI is InChI=1S/C22H27FN2O5S/c1-24(14-16-7-4-5-9-19(16)23)22(26)17-8-6-12-25(15-17)31(27,28)18-10-11-20(29-2)21(13-18)30-3/h4-5,7,9-11,13,17H,6,8,12,14-15H2,1-3H3/t17-/m1/s1. The molecule has 2 aromatic rings. The second kappa shape index (κ2) is 9.65. The first-order valence-electron chi connectivity index (χ1n) is 9.98. The quantitative estimate of drug-likeness (QED) is 0.648. The molecule has 0 spiro atoms. The van der Waals surface area contributed by atoms with E-state index in [1.54, 1.807) is 31.3 Å². The van der Waals surface area contributed by atoms with Crippen molar-refractivity contribution in [3.8, 4) is 11.5 Å². The van der Waals surface area contributed by atoms with Gasteiger partial charge in [0.25, 0.3) is 0 Å². The molecule has 0 N–H and O–H groups in total. The van der Waals surface area contributed by atoms with Gasteiger partial charge in [-0.2, -0.15) is 4.31 Å². The molecule has 168 valence electrons. The van der Waals surface area contributed by atoms with Gasteiger partial charge in [-0.1, -0.05) is 18.2 Å². The van der Waals surface area contributed by atoms with Crippen LogP contribution < -0.4 is 9.47 Å². The largest absolute Gasteiger partial charge is 0.493 e. The van der Waals surface area contributed by atoms with Crippen molar-refractivity contribution in [3.63, 3.8) is 0 Å². The lowest BCUT2D eigenvalue weighted by Gasteiger charge is -2.33. The smallest absolute Gasteiger partial charge is 0.243 e. The van der Waals surface area contributed by atoms with Gasteiger partial charge in [0.1, 0.15) is 5.82 Å². The van der Waals surface area contributed by atoms with Crippen molar-refractivity contribution < 1.29 is 27.1 Å². The summed E-state index contributed by atoms with van der Waals surface area (Å²) in [6.45, 7) is 0.541. The van der Waals surface area contributed by atoms with Crippen LogP contribution in [0.25, 0.3) is 0 Å². The number of hydrogen-bond donors (Lipinski definition) is 0. The Hall–Kier alpha value is -2.65. The molecule has 9 heteroatoms. The Bertz CT molecular complexity index is 1040. The number of carbonyl (C=O) groups excluding carboxylic acids is 1. The first-order chi connectivity index (χ1) is 14.8. The molecule has 7 nitrogen and oxygen atoms in total. The fraction of sp³-hybridized carbons (Fsp3) is 0.409. The molecule has 2 aromatic carbocycles. The van der Waals surface area contributed by atoms with Crippen molar-refractivity contribution in [3.05, 3.63) is 53.8 Å². The van der Waals surface area contributed by atoms with Crippen molar-refractivity contribution in [2.45, 2.75) is 24.3 Å². The third-order valence-electron chi connectivity index (χ3n) is 5.47. The summed E-state index contributed by atoms with van der Waals surface area (Å²) in [5.41, 5.74) is 0.420. The number of nitrogens with zero attached hydrogens (tertiary/aromatic N) is 2. The maximum absolute atomic E-state index is 13.9. The van der Waals surface area contributed by atoms with Crippen LogP contribution in [0.15, 0.2) is 47.4 Å². The Morgan fingerprint density at radius 1 is 1.16 bits per heavy atom. The van der Waals surface area contributed by atoms with Gasteiger partial charge in [-0.15, -0.1) is 0 Å². The van der Waals surface area contributed by atoms with Gasteiger partial charge < -0.3 is 14.4 Å². The van der Waals surface area contributed by atoms with Crippen molar-refractivity contribution in [1.82, 2.24) is 9.21 Å². The van der Waals surface area contributed by atoms with E-state index in [0.29, 0.717) is 36.4 Å². The summed E-state index contributed by atoms with van der Waals surface area (Å²) in [5.74, 6) is -0.305. The van der Waals surface area contributed by atoms with Crippen LogP contribution in [-0.4, -0.2) is 57.9 Å². The second-order valence-electron chi connectivity index (χ2n) is 7.50. The summed E-state index contributed by atoms with van der Waals surface area (Å²) in [5, 5.41) is 0. The Labute approximate surface area is 182 Å². The van der Waals surface area contributed by atoms with Crippen LogP contribution in [-0.2, 0) is 21.4 Å². The zero-order chi connectivity index (χ0) is 22.6. The van der Waals surface area contributed by atoms with Gasteiger partial charge in [-0.25, -0.2) is 12.8 Å². The van der Waals surface area contributed by atoms with Gasteiger partial charge in [0.15, 0.2) is 11.5 Å². The molecule has 1 aliphatic heterocycles. The molecule has 0 unspecified atom stereocenters. The van der Waals surface area contributed by atoms with Crippen molar-refractivity contribution in [2.75, 3.05) is 34.4 Å².